The van der Waals surface area contributed by atoms with Gasteiger partial charge in [0, 0.05) is 46.0 Å². The number of benzene rings is 2. The van der Waals surface area contributed by atoms with Gasteiger partial charge in [-0.25, -0.2) is 9.78 Å². The van der Waals surface area contributed by atoms with Crippen LogP contribution in [0.4, 0.5) is 0 Å². The van der Waals surface area contributed by atoms with Crippen LogP contribution in [0.25, 0.3) is 44.2 Å². The minimum Gasteiger partial charge on any atom is -0.478 e. The van der Waals surface area contributed by atoms with Gasteiger partial charge in [-0.05, 0) is 65.0 Å². The van der Waals surface area contributed by atoms with Gasteiger partial charge in [-0.1, -0.05) is 18.2 Å². The third kappa shape index (κ3) is 4.03. The number of rotatable bonds is 6. The SMILES string of the molecule is O=C(O)c1ccc(-c2cnc3[nH]c4ccc(OSc5cccs5)cc4c3c2-c2ccncc2)cc1. The van der Waals surface area contributed by atoms with Crippen molar-refractivity contribution in [3.05, 3.63) is 96.3 Å². The number of pyridine rings is 2. The number of aromatic carboxylic acids is 1. The van der Waals surface area contributed by atoms with Crippen LogP contribution in [0.1, 0.15) is 10.4 Å². The Labute approximate surface area is 208 Å². The van der Waals surface area contributed by atoms with Crippen LogP contribution < -0.4 is 4.18 Å². The van der Waals surface area contributed by atoms with Crippen LogP contribution in [-0.2, 0) is 0 Å². The van der Waals surface area contributed by atoms with E-state index in [1.54, 1.807) is 35.9 Å². The highest BCUT2D eigenvalue weighted by Crippen LogP contribution is 2.41. The summed E-state index contributed by atoms with van der Waals surface area (Å²) in [7, 11) is 0. The van der Waals surface area contributed by atoms with E-state index in [0.29, 0.717) is 0 Å². The van der Waals surface area contributed by atoms with Crippen LogP contribution in [0.3, 0.4) is 0 Å². The fourth-order valence-electron chi connectivity index (χ4n) is 4.12. The molecule has 6 nitrogen and oxygen atoms in total. The van der Waals surface area contributed by atoms with E-state index in [1.807, 2.05) is 66.2 Å². The van der Waals surface area contributed by atoms with Crippen molar-refractivity contribution in [1.82, 2.24) is 15.0 Å². The molecule has 8 heteroatoms. The maximum absolute atomic E-state index is 11.3. The Kier molecular flexibility index (Phi) is 5.44. The monoisotopic (exact) mass is 495 g/mol. The van der Waals surface area contributed by atoms with Gasteiger partial charge in [-0.15, -0.1) is 11.3 Å². The quantitative estimate of drug-likeness (QED) is 0.236. The lowest BCUT2D eigenvalue weighted by molar-refractivity contribution is 0.0697. The standard InChI is InChI=1S/C27H17N3O3S2/c31-27(32)18-5-3-16(4-6-18)21-15-29-26-25(24(21)17-9-11-28-12-10-17)20-14-19(7-8-22(20)30-26)33-35-23-2-1-13-34-23/h1-15H,(H,29,30)(H,31,32). The van der Waals surface area contributed by atoms with Crippen molar-refractivity contribution < 1.29 is 14.1 Å². The first-order valence-corrected chi connectivity index (χ1v) is 12.4. The predicted molar refractivity (Wildman–Crippen MR) is 140 cm³/mol. The molecule has 0 fully saturated rings. The Morgan fingerprint density at radius 2 is 1.83 bits per heavy atom. The topological polar surface area (TPSA) is 88.1 Å². The maximum Gasteiger partial charge on any atom is 0.335 e. The number of carbonyl (C=O) groups is 1. The highest BCUT2D eigenvalue weighted by Gasteiger charge is 2.18. The van der Waals surface area contributed by atoms with Crippen molar-refractivity contribution >= 4 is 51.3 Å². The van der Waals surface area contributed by atoms with E-state index in [9.17, 15) is 9.90 Å². The van der Waals surface area contributed by atoms with Gasteiger partial charge in [0.2, 0.25) is 0 Å². The summed E-state index contributed by atoms with van der Waals surface area (Å²) in [6.45, 7) is 0. The maximum atomic E-state index is 11.3. The molecule has 4 aromatic heterocycles. The summed E-state index contributed by atoms with van der Waals surface area (Å²) in [6, 6.07) is 20.8. The molecule has 0 unspecified atom stereocenters. The zero-order valence-corrected chi connectivity index (χ0v) is 19.8. The smallest absolute Gasteiger partial charge is 0.335 e. The molecule has 2 N–H and O–H groups in total. The first-order chi connectivity index (χ1) is 17.2. The number of thiophene rings is 1. The first kappa shape index (κ1) is 21.4. The van der Waals surface area contributed by atoms with Crippen molar-refractivity contribution in [3.8, 4) is 28.0 Å². The van der Waals surface area contributed by atoms with E-state index in [1.165, 1.54) is 12.0 Å². The van der Waals surface area contributed by atoms with Crippen molar-refractivity contribution in [2.24, 2.45) is 0 Å². The lowest BCUT2D eigenvalue weighted by Gasteiger charge is -2.12. The minimum atomic E-state index is -0.955. The van der Waals surface area contributed by atoms with Crippen molar-refractivity contribution in [1.29, 1.82) is 0 Å². The summed E-state index contributed by atoms with van der Waals surface area (Å²) in [4.78, 5) is 23.7. The zero-order chi connectivity index (χ0) is 23.8. The average molecular weight is 496 g/mol. The Morgan fingerprint density at radius 3 is 2.57 bits per heavy atom. The van der Waals surface area contributed by atoms with Gasteiger partial charge in [0.15, 0.2) is 0 Å². The molecule has 35 heavy (non-hydrogen) atoms. The molecule has 0 saturated carbocycles. The number of fused-ring (bicyclic) bond motifs is 3. The number of aromatic nitrogens is 3. The molecule has 0 aliphatic heterocycles. The Bertz CT molecular complexity index is 1660. The molecule has 2 aromatic carbocycles. The zero-order valence-electron chi connectivity index (χ0n) is 18.1. The molecule has 0 atom stereocenters. The second-order valence-electron chi connectivity index (χ2n) is 7.82. The summed E-state index contributed by atoms with van der Waals surface area (Å²) in [6.07, 6.45) is 5.35. The number of nitrogens with zero attached hydrogens (tertiary/aromatic N) is 2. The summed E-state index contributed by atoms with van der Waals surface area (Å²) >= 11 is 2.97. The van der Waals surface area contributed by atoms with E-state index in [2.05, 4.69) is 9.97 Å². The number of carboxylic acid groups (broad SMARTS) is 1. The Balaban J connectivity index is 1.55. The average Bonchev–Trinajstić information content (AvgIpc) is 3.55. The normalized spacial score (nSPS) is 11.2. The van der Waals surface area contributed by atoms with Crippen molar-refractivity contribution in [3.63, 3.8) is 0 Å². The van der Waals surface area contributed by atoms with Gasteiger partial charge in [0.25, 0.3) is 0 Å². The second-order valence-corrected chi connectivity index (χ2v) is 9.80. The molecule has 0 spiro atoms. The van der Waals surface area contributed by atoms with Gasteiger partial charge in [0.1, 0.15) is 27.6 Å². The predicted octanol–water partition coefficient (Wildman–Crippen LogP) is 7.29. The van der Waals surface area contributed by atoms with Gasteiger partial charge in [-0.3, -0.25) is 4.98 Å². The minimum absolute atomic E-state index is 0.241. The summed E-state index contributed by atoms with van der Waals surface area (Å²) in [5, 5.41) is 13.3. The molecule has 0 radical (unpaired) electrons. The van der Waals surface area contributed by atoms with E-state index in [-0.39, 0.29) is 5.56 Å². The number of hydrogen-bond acceptors (Lipinski definition) is 6. The summed E-state index contributed by atoms with van der Waals surface area (Å²) < 4.78 is 7.08. The highest BCUT2D eigenvalue weighted by molar-refractivity contribution is 7.97. The van der Waals surface area contributed by atoms with Crippen LogP contribution in [-0.4, -0.2) is 26.0 Å². The fraction of sp³-hybridized carbons (Fsp3) is 0. The van der Waals surface area contributed by atoms with E-state index in [4.69, 9.17) is 9.17 Å². The van der Waals surface area contributed by atoms with Gasteiger partial charge in [-0.2, -0.15) is 0 Å². The summed E-state index contributed by atoms with van der Waals surface area (Å²) in [5.41, 5.74) is 5.73. The van der Waals surface area contributed by atoms with Crippen LogP contribution in [0, 0.1) is 0 Å². The lowest BCUT2D eigenvalue weighted by atomic mass is 9.93. The van der Waals surface area contributed by atoms with E-state index in [0.717, 1.165) is 54.1 Å². The molecule has 0 aliphatic carbocycles. The van der Waals surface area contributed by atoms with Crippen LogP contribution in [0.2, 0.25) is 0 Å². The largest absolute Gasteiger partial charge is 0.478 e. The number of nitrogens with one attached hydrogen (secondary N) is 1. The second kappa shape index (κ2) is 8.90. The Morgan fingerprint density at radius 1 is 1.00 bits per heavy atom. The number of aromatic amines is 1. The van der Waals surface area contributed by atoms with Gasteiger partial charge < -0.3 is 14.3 Å². The molecule has 0 aliphatic rings. The molecule has 170 valence electrons. The molecule has 0 saturated heterocycles. The molecule has 6 aromatic rings. The molecule has 6 rings (SSSR count). The number of hydrogen-bond donors (Lipinski definition) is 2. The molecule has 4 heterocycles. The van der Waals surface area contributed by atoms with Gasteiger partial charge >= 0.3 is 5.97 Å². The van der Waals surface area contributed by atoms with Crippen LogP contribution in [0.5, 0.6) is 5.75 Å². The van der Waals surface area contributed by atoms with Gasteiger partial charge in [0.05, 0.1) is 5.56 Å². The molecule has 0 amide bonds. The fourth-order valence-corrected chi connectivity index (χ4v) is 5.41. The van der Waals surface area contributed by atoms with Crippen LogP contribution >= 0.6 is 23.4 Å². The van der Waals surface area contributed by atoms with E-state index < -0.39 is 5.97 Å². The van der Waals surface area contributed by atoms with Crippen molar-refractivity contribution in [2.45, 2.75) is 4.21 Å². The Hall–Kier alpha value is -4.14. The third-order valence-corrected chi connectivity index (χ3v) is 7.45. The highest BCUT2D eigenvalue weighted by atomic mass is 32.2. The number of H-pyrrole nitrogens is 1. The van der Waals surface area contributed by atoms with E-state index >= 15 is 0 Å². The first-order valence-electron chi connectivity index (χ1n) is 10.7. The summed E-state index contributed by atoms with van der Waals surface area (Å²) in [5.74, 6) is -0.210. The third-order valence-electron chi connectivity index (χ3n) is 5.72. The number of carboxylic acids is 1. The molecule has 0 bridgehead atoms. The van der Waals surface area contributed by atoms with Crippen LogP contribution in [0.15, 0.2) is 94.9 Å². The van der Waals surface area contributed by atoms with Crippen molar-refractivity contribution in [2.75, 3.05) is 0 Å². The lowest BCUT2D eigenvalue weighted by Crippen LogP contribution is -1.96. The molecular weight excluding hydrogens is 478 g/mol. The molecular formula is C27H17N3O3S2.